The number of hydrogen-bond acceptors (Lipinski definition) is 0. The lowest BCUT2D eigenvalue weighted by atomic mass is 10.4. The van der Waals surface area contributed by atoms with Crippen LogP contribution in [0.15, 0.2) is 22.7 Å². The number of hydrogen-bond donors (Lipinski definition) is 0. The maximum absolute atomic E-state index is 12.7. The van der Waals surface area contributed by atoms with Crippen LogP contribution in [0.2, 0.25) is 0 Å². The third kappa shape index (κ3) is 1.64. The predicted molar refractivity (Wildman–Crippen MR) is 46.8 cm³/mol. The summed E-state index contributed by atoms with van der Waals surface area (Å²) < 4.78 is 13.8. The summed E-state index contributed by atoms with van der Waals surface area (Å²) in [6.07, 6.45) is 0. The third-order valence-corrected chi connectivity index (χ3v) is 2.35. The first-order valence-electron chi connectivity index (χ1n) is 2.31. The molecule has 3 heteroatoms. The number of rotatable bonds is 0. The molecule has 0 spiro atoms. The molecule has 0 N–H and O–H groups in total. The molecule has 0 aliphatic carbocycles. The van der Waals surface area contributed by atoms with Gasteiger partial charge >= 0.3 is 0 Å². The van der Waals surface area contributed by atoms with Crippen molar-refractivity contribution in [1.29, 1.82) is 0 Å². The van der Waals surface area contributed by atoms with Crippen LogP contribution in [0.25, 0.3) is 0 Å². The second kappa shape index (κ2) is 2.96. The minimum Gasteiger partial charge on any atom is -0.205 e. The molecule has 0 nitrogen and oxygen atoms in total. The number of halogens is 3. The van der Waals surface area contributed by atoms with E-state index in [1.54, 1.807) is 18.2 Å². The van der Waals surface area contributed by atoms with Gasteiger partial charge in [-0.15, -0.1) is 0 Å². The van der Waals surface area contributed by atoms with Gasteiger partial charge in [-0.25, -0.2) is 4.39 Å². The smallest absolute Gasteiger partial charge is 0.150 e. The normalized spacial score (nSPS) is 9.67. The van der Waals surface area contributed by atoms with Gasteiger partial charge in [-0.3, -0.25) is 0 Å². The third-order valence-electron chi connectivity index (χ3n) is 0.904. The first-order chi connectivity index (χ1) is 4.22. The summed E-state index contributed by atoms with van der Waals surface area (Å²) in [5.41, 5.74) is 0. The second-order valence-electron chi connectivity index (χ2n) is 1.54. The van der Waals surface area contributed by atoms with Gasteiger partial charge < -0.3 is 0 Å². The Hall–Kier alpha value is 0.360. The molecule has 0 aliphatic rings. The van der Waals surface area contributed by atoms with E-state index in [1.807, 2.05) is 22.6 Å². The summed E-state index contributed by atoms with van der Waals surface area (Å²) in [5.74, 6) is -0.182. The standard InChI is InChI=1S/C6H3BrFI/c7-4-2-1-3-5(9)6(4)8/h1-3H. The van der Waals surface area contributed by atoms with Crippen molar-refractivity contribution in [1.82, 2.24) is 0 Å². The Kier molecular flexibility index (Phi) is 2.46. The largest absolute Gasteiger partial charge is 0.205 e. The van der Waals surface area contributed by atoms with Gasteiger partial charge in [0.2, 0.25) is 0 Å². The fourth-order valence-electron chi connectivity index (χ4n) is 0.477. The van der Waals surface area contributed by atoms with Crippen LogP contribution in [0, 0.1) is 9.39 Å². The van der Waals surface area contributed by atoms with Crippen molar-refractivity contribution in [2.45, 2.75) is 0 Å². The lowest BCUT2D eigenvalue weighted by molar-refractivity contribution is 0.613. The molecule has 1 aromatic carbocycles. The maximum atomic E-state index is 12.7. The van der Waals surface area contributed by atoms with Gasteiger partial charge in [0, 0.05) is 3.57 Å². The van der Waals surface area contributed by atoms with Gasteiger partial charge in [-0.2, -0.15) is 0 Å². The molecule has 48 valence electrons. The van der Waals surface area contributed by atoms with E-state index in [0.717, 1.165) is 0 Å². The molecule has 1 rings (SSSR count). The van der Waals surface area contributed by atoms with Crippen LogP contribution in [0.3, 0.4) is 0 Å². The van der Waals surface area contributed by atoms with E-state index >= 15 is 0 Å². The van der Waals surface area contributed by atoms with E-state index in [0.29, 0.717) is 8.04 Å². The van der Waals surface area contributed by atoms with Crippen LogP contribution in [0.5, 0.6) is 0 Å². The topological polar surface area (TPSA) is 0 Å². The second-order valence-corrected chi connectivity index (χ2v) is 3.55. The van der Waals surface area contributed by atoms with Gasteiger partial charge in [0.15, 0.2) is 5.82 Å². The van der Waals surface area contributed by atoms with Gasteiger partial charge in [-0.05, 0) is 50.7 Å². The lowest BCUT2D eigenvalue weighted by Gasteiger charge is -1.93. The highest BCUT2D eigenvalue weighted by Gasteiger charge is 1.99. The van der Waals surface area contributed by atoms with Crippen LogP contribution < -0.4 is 0 Å². The van der Waals surface area contributed by atoms with Crippen LogP contribution in [0.4, 0.5) is 4.39 Å². The van der Waals surface area contributed by atoms with E-state index in [4.69, 9.17) is 0 Å². The molecule has 0 atom stereocenters. The van der Waals surface area contributed by atoms with Crippen LogP contribution >= 0.6 is 38.5 Å². The van der Waals surface area contributed by atoms with E-state index in [-0.39, 0.29) is 5.82 Å². The average Bonchev–Trinajstić information content (AvgIpc) is 1.83. The highest BCUT2D eigenvalue weighted by Crippen LogP contribution is 2.19. The van der Waals surface area contributed by atoms with Gasteiger partial charge in [0.25, 0.3) is 0 Å². The molecule has 9 heavy (non-hydrogen) atoms. The van der Waals surface area contributed by atoms with Crippen LogP contribution in [0.1, 0.15) is 0 Å². The Labute approximate surface area is 74.7 Å². The van der Waals surface area contributed by atoms with E-state index in [1.165, 1.54) is 0 Å². The van der Waals surface area contributed by atoms with E-state index in [2.05, 4.69) is 15.9 Å². The Balaban J connectivity index is 3.25. The molecule has 0 saturated heterocycles. The molecule has 0 saturated carbocycles. The summed E-state index contributed by atoms with van der Waals surface area (Å²) in [4.78, 5) is 0. The zero-order valence-corrected chi connectivity index (χ0v) is 8.11. The zero-order chi connectivity index (χ0) is 6.85. The molecule has 0 radical (unpaired) electrons. The summed E-state index contributed by atoms with van der Waals surface area (Å²) in [6.45, 7) is 0. The minimum atomic E-state index is -0.182. The molecule has 0 unspecified atom stereocenters. The van der Waals surface area contributed by atoms with Crippen molar-refractivity contribution in [3.05, 3.63) is 32.1 Å². The van der Waals surface area contributed by atoms with Crippen molar-refractivity contribution in [2.75, 3.05) is 0 Å². The van der Waals surface area contributed by atoms with Crippen molar-refractivity contribution < 1.29 is 4.39 Å². The predicted octanol–water partition coefficient (Wildman–Crippen LogP) is 3.19. The summed E-state index contributed by atoms with van der Waals surface area (Å²) >= 11 is 5.01. The highest BCUT2D eigenvalue weighted by atomic mass is 127. The molecular weight excluding hydrogens is 298 g/mol. The quantitative estimate of drug-likeness (QED) is 0.510. The molecular formula is C6H3BrFI. The monoisotopic (exact) mass is 300 g/mol. The first-order valence-corrected chi connectivity index (χ1v) is 4.18. The number of benzene rings is 1. The van der Waals surface area contributed by atoms with Crippen molar-refractivity contribution in [2.24, 2.45) is 0 Å². The van der Waals surface area contributed by atoms with Crippen molar-refractivity contribution in [3.63, 3.8) is 0 Å². The van der Waals surface area contributed by atoms with E-state index in [9.17, 15) is 4.39 Å². The Bertz CT molecular complexity index is 204. The van der Waals surface area contributed by atoms with Gasteiger partial charge in [0.1, 0.15) is 0 Å². The fourth-order valence-corrected chi connectivity index (χ4v) is 1.71. The van der Waals surface area contributed by atoms with E-state index < -0.39 is 0 Å². The van der Waals surface area contributed by atoms with Crippen molar-refractivity contribution in [3.8, 4) is 0 Å². The van der Waals surface area contributed by atoms with Gasteiger partial charge in [0.05, 0.1) is 4.47 Å². The van der Waals surface area contributed by atoms with Crippen molar-refractivity contribution >= 4 is 38.5 Å². The average molecular weight is 301 g/mol. The Morgan fingerprint density at radius 2 is 2.11 bits per heavy atom. The summed E-state index contributed by atoms with van der Waals surface area (Å²) in [7, 11) is 0. The SMILES string of the molecule is Fc1c(Br)cccc1I. The lowest BCUT2D eigenvalue weighted by Crippen LogP contribution is -1.80. The van der Waals surface area contributed by atoms with Crippen LogP contribution in [-0.4, -0.2) is 0 Å². The Morgan fingerprint density at radius 3 is 2.56 bits per heavy atom. The molecule has 0 amide bonds. The molecule has 0 heterocycles. The highest BCUT2D eigenvalue weighted by molar-refractivity contribution is 14.1. The zero-order valence-electron chi connectivity index (χ0n) is 4.37. The molecule has 0 aromatic heterocycles. The molecule has 0 aliphatic heterocycles. The Morgan fingerprint density at radius 1 is 1.44 bits per heavy atom. The maximum Gasteiger partial charge on any atom is 0.150 e. The summed E-state index contributed by atoms with van der Waals surface area (Å²) in [5, 5.41) is 0. The molecule has 0 fully saturated rings. The van der Waals surface area contributed by atoms with Crippen LogP contribution in [-0.2, 0) is 0 Å². The molecule has 1 aromatic rings. The minimum absolute atomic E-state index is 0.182. The summed E-state index contributed by atoms with van der Waals surface area (Å²) in [6, 6.07) is 5.20. The van der Waals surface area contributed by atoms with Gasteiger partial charge in [-0.1, -0.05) is 6.07 Å². The molecule has 0 bridgehead atoms. The fraction of sp³-hybridized carbons (Fsp3) is 0. The first kappa shape index (κ1) is 7.47.